The molecule has 2 aliphatic heterocycles. The fourth-order valence-electron chi connectivity index (χ4n) is 5.34. The molecule has 37 heavy (non-hydrogen) atoms. The summed E-state index contributed by atoms with van der Waals surface area (Å²) in [5.41, 5.74) is 2.73. The third kappa shape index (κ3) is 3.62. The van der Waals surface area contributed by atoms with Crippen LogP contribution in [0, 0.1) is 12.7 Å². The van der Waals surface area contributed by atoms with E-state index in [2.05, 4.69) is 4.98 Å². The highest BCUT2D eigenvalue weighted by Crippen LogP contribution is 2.43. The highest BCUT2D eigenvalue weighted by Gasteiger charge is 2.45. The predicted molar refractivity (Wildman–Crippen MR) is 138 cm³/mol. The Labute approximate surface area is 218 Å². The Kier molecular flexibility index (Phi) is 5.53. The third-order valence-electron chi connectivity index (χ3n) is 7.46. The summed E-state index contributed by atoms with van der Waals surface area (Å²) in [6.45, 7) is 4.46. The summed E-state index contributed by atoms with van der Waals surface area (Å²) in [6, 6.07) is 12.2. The van der Waals surface area contributed by atoms with Crippen molar-refractivity contribution in [2.24, 2.45) is 0 Å². The fourth-order valence-corrected chi connectivity index (χ4v) is 5.49. The predicted octanol–water partition coefficient (Wildman–Crippen LogP) is 6.22. The molecule has 0 spiro atoms. The van der Waals surface area contributed by atoms with Gasteiger partial charge in [-0.25, -0.2) is 9.37 Å². The van der Waals surface area contributed by atoms with Gasteiger partial charge in [0, 0.05) is 11.6 Å². The average molecular weight is 522 g/mol. The summed E-state index contributed by atoms with van der Waals surface area (Å²) in [5, 5.41) is 0.627. The number of carbonyl (C=O) groups excluding carboxylic acids is 1. The molecule has 3 aromatic carbocycles. The first-order valence-corrected chi connectivity index (χ1v) is 12.4. The molecule has 1 N–H and O–H groups in total. The van der Waals surface area contributed by atoms with Crippen molar-refractivity contribution < 1.29 is 23.4 Å². The molecule has 0 saturated carbocycles. The summed E-state index contributed by atoms with van der Waals surface area (Å²) < 4.78 is 32.0. The van der Waals surface area contributed by atoms with Crippen LogP contribution in [0.3, 0.4) is 0 Å². The van der Waals surface area contributed by atoms with E-state index in [1.807, 2.05) is 26.0 Å². The van der Waals surface area contributed by atoms with Gasteiger partial charge in [-0.3, -0.25) is 4.79 Å². The van der Waals surface area contributed by atoms with Gasteiger partial charge in [-0.05, 0) is 79.8 Å². The molecule has 0 aliphatic carbocycles. The maximum atomic E-state index is 15.8. The number of aromatic amines is 1. The van der Waals surface area contributed by atoms with E-state index in [1.54, 1.807) is 29.2 Å². The van der Waals surface area contributed by atoms with Crippen LogP contribution in [0.4, 0.5) is 4.39 Å². The summed E-state index contributed by atoms with van der Waals surface area (Å²) in [4.78, 5) is 24.1. The van der Waals surface area contributed by atoms with Crippen molar-refractivity contribution in [2.45, 2.75) is 32.2 Å². The number of rotatable bonds is 4. The Morgan fingerprint density at radius 1 is 1.19 bits per heavy atom. The van der Waals surface area contributed by atoms with Crippen LogP contribution in [0.2, 0.25) is 5.02 Å². The lowest BCUT2D eigenvalue weighted by atomic mass is 9.94. The second-order valence-corrected chi connectivity index (χ2v) is 9.97. The van der Waals surface area contributed by atoms with Gasteiger partial charge in [-0.2, -0.15) is 0 Å². The SMILES string of the molecule is COc1ccc(-c2ccc3c(c2)OCO3)c(C(=O)N2CCC[C@@]2(C)c2nc3c(C)c(Cl)ccc3[nH]2)c1F. The van der Waals surface area contributed by atoms with E-state index < -0.39 is 17.3 Å². The second-order valence-electron chi connectivity index (χ2n) is 9.56. The Balaban J connectivity index is 1.47. The number of carbonyl (C=O) groups is 1. The van der Waals surface area contributed by atoms with Crippen molar-refractivity contribution in [3.8, 4) is 28.4 Å². The number of fused-ring (bicyclic) bond motifs is 2. The van der Waals surface area contributed by atoms with Crippen molar-refractivity contribution in [3.05, 3.63) is 70.3 Å². The molecule has 3 heterocycles. The number of benzene rings is 3. The van der Waals surface area contributed by atoms with E-state index in [9.17, 15) is 4.79 Å². The number of hydrogen-bond acceptors (Lipinski definition) is 5. The van der Waals surface area contributed by atoms with Gasteiger partial charge in [-0.15, -0.1) is 0 Å². The van der Waals surface area contributed by atoms with Crippen LogP contribution >= 0.6 is 11.6 Å². The minimum Gasteiger partial charge on any atom is -0.494 e. The number of ether oxygens (including phenoxy) is 3. The molecule has 6 rings (SSSR count). The molecule has 190 valence electrons. The zero-order chi connectivity index (χ0) is 25.9. The number of nitrogens with one attached hydrogen (secondary N) is 1. The van der Waals surface area contributed by atoms with Crippen LogP contribution in [0.1, 0.15) is 41.5 Å². The zero-order valence-electron chi connectivity index (χ0n) is 20.7. The maximum absolute atomic E-state index is 15.8. The van der Waals surface area contributed by atoms with Gasteiger partial charge >= 0.3 is 0 Å². The molecule has 1 aromatic heterocycles. The monoisotopic (exact) mass is 521 g/mol. The number of aryl methyl sites for hydroxylation is 1. The highest BCUT2D eigenvalue weighted by molar-refractivity contribution is 6.32. The first kappa shape index (κ1) is 23.6. The van der Waals surface area contributed by atoms with Gasteiger partial charge in [0.2, 0.25) is 6.79 Å². The number of H-pyrrole nitrogens is 1. The normalized spacial score (nSPS) is 18.6. The fraction of sp³-hybridized carbons (Fsp3) is 0.286. The number of amides is 1. The van der Waals surface area contributed by atoms with Gasteiger partial charge in [0.25, 0.3) is 5.91 Å². The maximum Gasteiger partial charge on any atom is 0.258 e. The van der Waals surface area contributed by atoms with Gasteiger partial charge in [0.15, 0.2) is 23.1 Å². The van der Waals surface area contributed by atoms with E-state index in [1.165, 1.54) is 13.2 Å². The average Bonchev–Trinajstić information content (AvgIpc) is 3.64. The molecule has 1 fully saturated rings. The molecule has 1 atom stereocenters. The Morgan fingerprint density at radius 2 is 2.00 bits per heavy atom. The second kappa shape index (κ2) is 8.66. The van der Waals surface area contributed by atoms with Gasteiger partial charge in [-0.1, -0.05) is 17.7 Å². The van der Waals surface area contributed by atoms with Crippen molar-refractivity contribution in [2.75, 3.05) is 20.4 Å². The molecule has 1 saturated heterocycles. The van der Waals surface area contributed by atoms with Crippen molar-refractivity contribution >= 4 is 28.5 Å². The Bertz CT molecular complexity index is 1570. The van der Waals surface area contributed by atoms with Crippen molar-refractivity contribution in [3.63, 3.8) is 0 Å². The minimum atomic E-state index is -0.767. The zero-order valence-corrected chi connectivity index (χ0v) is 21.4. The lowest BCUT2D eigenvalue weighted by molar-refractivity contribution is 0.0601. The summed E-state index contributed by atoms with van der Waals surface area (Å²) in [5.74, 6) is 0.672. The number of halogens is 2. The van der Waals surface area contributed by atoms with Crippen LogP contribution in [0.25, 0.3) is 22.2 Å². The van der Waals surface area contributed by atoms with Crippen molar-refractivity contribution in [1.82, 2.24) is 14.9 Å². The largest absolute Gasteiger partial charge is 0.494 e. The molecule has 1 amide bonds. The van der Waals surface area contributed by atoms with Crippen LogP contribution in [0.5, 0.6) is 17.2 Å². The van der Waals surface area contributed by atoms with Crippen LogP contribution in [-0.2, 0) is 5.54 Å². The molecule has 9 heteroatoms. The number of hydrogen-bond donors (Lipinski definition) is 1. The lowest BCUT2D eigenvalue weighted by Gasteiger charge is -2.34. The van der Waals surface area contributed by atoms with Crippen LogP contribution in [-0.4, -0.2) is 41.2 Å². The topological polar surface area (TPSA) is 76.7 Å². The molecule has 0 radical (unpaired) electrons. The number of likely N-dealkylation sites (tertiary alicyclic amines) is 1. The Morgan fingerprint density at radius 3 is 2.81 bits per heavy atom. The van der Waals surface area contributed by atoms with Crippen LogP contribution in [0.15, 0.2) is 42.5 Å². The van der Waals surface area contributed by atoms with E-state index in [-0.39, 0.29) is 18.1 Å². The first-order chi connectivity index (χ1) is 17.8. The van der Waals surface area contributed by atoms with Gasteiger partial charge in [0.1, 0.15) is 5.82 Å². The molecule has 2 aliphatic rings. The van der Waals surface area contributed by atoms with Crippen LogP contribution < -0.4 is 14.2 Å². The van der Waals surface area contributed by atoms with E-state index in [0.717, 1.165) is 23.0 Å². The molecule has 0 unspecified atom stereocenters. The smallest absolute Gasteiger partial charge is 0.258 e. The molecule has 7 nitrogen and oxygen atoms in total. The number of imidazole rings is 1. The molecular weight excluding hydrogens is 497 g/mol. The van der Waals surface area contributed by atoms with Gasteiger partial charge < -0.3 is 24.1 Å². The van der Waals surface area contributed by atoms with E-state index in [0.29, 0.717) is 46.4 Å². The summed E-state index contributed by atoms with van der Waals surface area (Å²) >= 11 is 6.32. The highest BCUT2D eigenvalue weighted by atomic mass is 35.5. The summed E-state index contributed by atoms with van der Waals surface area (Å²) in [7, 11) is 1.38. The lowest BCUT2D eigenvalue weighted by Crippen LogP contribution is -2.44. The quantitative estimate of drug-likeness (QED) is 0.345. The molecule has 4 aromatic rings. The number of nitrogens with zero attached hydrogens (tertiary/aromatic N) is 2. The summed E-state index contributed by atoms with van der Waals surface area (Å²) in [6.07, 6.45) is 1.43. The number of aromatic nitrogens is 2. The minimum absolute atomic E-state index is 0.00254. The Hall–Kier alpha value is -3.78. The van der Waals surface area contributed by atoms with E-state index >= 15 is 4.39 Å². The molecular formula is C28H25ClFN3O4. The standard InChI is InChI=1S/C28H25ClFN3O4/c1-15-18(29)7-8-19-25(15)32-27(31-19)28(2)11-4-12-33(28)26(34)23-17(6-10-21(35-3)24(23)30)16-5-9-20-22(13-16)37-14-36-20/h5-10,13H,4,11-12,14H2,1-3H3,(H,31,32)/t28-/m0/s1. The first-order valence-electron chi connectivity index (χ1n) is 12.1. The van der Waals surface area contributed by atoms with Gasteiger partial charge in [0.05, 0.1) is 29.2 Å². The van der Waals surface area contributed by atoms with Crippen molar-refractivity contribution in [1.29, 1.82) is 0 Å². The molecule has 0 bridgehead atoms. The number of methoxy groups -OCH3 is 1. The third-order valence-corrected chi connectivity index (χ3v) is 7.87. The van der Waals surface area contributed by atoms with E-state index in [4.69, 9.17) is 30.8 Å².